The third-order valence-corrected chi connectivity index (χ3v) is 6.33. The number of esters is 1. The summed E-state index contributed by atoms with van der Waals surface area (Å²) in [5, 5.41) is 1.38. The Hall–Kier alpha value is -3.64. The molecule has 0 saturated heterocycles. The highest BCUT2D eigenvalue weighted by Gasteiger charge is 2.23. The number of rotatable bonds is 9. The van der Waals surface area contributed by atoms with Gasteiger partial charge >= 0.3 is 5.97 Å². The van der Waals surface area contributed by atoms with Crippen molar-refractivity contribution in [2.75, 3.05) is 6.61 Å². The Morgan fingerprint density at radius 3 is 2.43 bits per heavy atom. The predicted molar refractivity (Wildman–Crippen MR) is 146 cm³/mol. The highest BCUT2D eigenvalue weighted by Crippen LogP contribution is 2.29. The molecule has 0 spiro atoms. The van der Waals surface area contributed by atoms with Gasteiger partial charge in [-0.2, -0.15) is 0 Å². The van der Waals surface area contributed by atoms with Crippen molar-refractivity contribution >= 4 is 34.4 Å². The second kappa shape index (κ2) is 11.2. The highest BCUT2D eigenvalue weighted by molar-refractivity contribution is 6.30. The van der Waals surface area contributed by atoms with Crippen LogP contribution in [0.25, 0.3) is 11.0 Å². The number of nitrogens with zero attached hydrogens (tertiary/aromatic N) is 2. The second-order valence-corrected chi connectivity index (χ2v) is 10.1. The van der Waals surface area contributed by atoms with Crippen molar-refractivity contribution in [2.45, 2.75) is 47.3 Å². The zero-order chi connectivity index (χ0) is 26.7. The molecule has 0 bridgehead atoms. The Kier molecular flexibility index (Phi) is 7.98. The molecule has 192 valence electrons. The van der Waals surface area contributed by atoms with Gasteiger partial charge in [-0.1, -0.05) is 37.6 Å². The van der Waals surface area contributed by atoms with E-state index in [1.807, 2.05) is 68.7 Å². The summed E-state index contributed by atoms with van der Waals surface area (Å²) in [5.41, 5.74) is 4.58. The van der Waals surface area contributed by atoms with Crippen molar-refractivity contribution in [1.82, 2.24) is 9.55 Å². The Labute approximate surface area is 222 Å². The van der Waals surface area contributed by atoms with Gasteiger partial charge in [0.25, 0.3) is 0 Å². The number of fused-ring (bicyclic) bond motifs is 1. The smallest absolute Gasteiger partial charge is 0.347 e. The third-order valence-electron chi connectivity index (χ3n) is 6.08. The summed E-state index contributed by atoms with van der Waals surface area (Å²) < 4.78 is 13.2. The molecule has 2 aromatic heterocycles. The quantitative estimate of drug-likeness (QED) is 0.185. The molecular weight excluding hydrogens is 488 g/mol. The van der Waals surface area contributed by atoms with E-state index in [1.165, 1.54) is 0 Å². The summed E-state index contributed by atoms with van der Waals surface area (Å²) in [6.07, 6.45) is -0.726. The van der Waals surface area contributed by atoms with Gasteiger partial charge in [-0.25, -0.2) is 9.78 Å². The lowest BCUT2D eigenvalue weighted by Crippen LogP contribution is -2.27. The number of ether oxygens (including phenoxy) is 2. The molecule has 7 heteroatoms. The molecule has 4 aromatic rings. The molecule has 0 aliphatic heterocycles. The number of pyridine rings is 1. The fourth-order valence-electron chi connectivity index (χ4n) is 4.18. The van der Waals surface area contributed by atoms with Crippen molar-refractivity contribution < 1.29 is 19.1 Å². The molecule has 0 saturated carbocycles. The van der Waals surface area contributed by atoms with Crippen LogP contribution < -0.4 is 4.74 Å². The van der Waals surface area contributed by atoms with Crippen LogP contribution in [0.1, 0.15) is 53.6 Å². The molecule has 0 unspecified atom stereocenters. The third kappa shape index (κ3) is 6.03. The molecule has 0 aliphatic rings. The van der Waals surface area contributed by atoms with E-state index in [2.05, 4.69) is 0 Å². The van der Waals surface area contributed by atoms with Crippen LogP contribution in [-0.2, 0) is 16.1 Å². The molecule has 4 rings (SSSR count). The Bertz CT molecular complexity index is 1440. The minimum atomic E-state index is -0.726. The lowest BCUT2D eigenvalue weighted by Gasteiger charge is -2.16. The summed E-state index contributed by atoms with van der Waals surface area (Å²) in [6, 6.07) is 18.4. The van der Waals surface area contributed by atoms with Crippen LogP contribution in [-0.4, -0.2) is 34.0 Å². The fraction of sp³-hybridized carbons (Fsp3) is 0.300. The molecule has 2 heterocycles. The van der Waals surface area contributed by atoms with Gasteiger partial charge in [0.15, 0.2) is 11.9 Å². The molecule has 0 radical (unpaired) electrons. The van der Waals surface area contributed by atoms with Crippen LogP contribution in [0.2, 0.25) is 5.02 Å². The van der Waals surface area contributed by atoms with Gasteiger partial charge in [-0.3, -0.25) is 4.79 Å². The Balaban J connectivity index is 1.64. The summed E-state index contributed by atoms with van der Waals surface area (Å²) in [6.45, 7) is 10.4. The second-order valence-electron chi connectivity index (χ2n) is 9.64. The number of hydrogen-bond donors (Lipinski definition) is 0. The van der Waals surface area contributed by atoms with E-state index in [1.54, 1.807) is 31.2 Å². The average molecular weight is 519 g/mol. The standard InChI is InChI=1S/C30H31ClN2O4/c1-18(2)17-36-30(35)21(5)37-25-8-6-7-22(15-25)16-33-20(4)27(26-14-9-19(3)32-29(26)33)28(34)23-10-12-24(31)13-11-23/h6-15,18,21H,16-17H2,1-5H3/t21-/m0/s1. The van der Waals surface area contributed by atoms with Crippen molar-refractivity contribution in [2.24, 2.45) is 5.92 Å². The minimum Gasteiger partial charge on any atom is -0.479 e. The predicted octanol–water partition coefficient (Wildman–Crippen LogP) is 6.55. The van der Waals surface area contributed by atoms with Crippen LogP contribution in [0.3, 0.4) is 0 Å². The van der Waals surface area contributed by atoms with Gasteiger partial charge in [-0.05, 0) is 80.8 Å². The first-order valence-electron chi connectivity index (χ1n) is 12.3. The number of aromatic nitrogens is 2. The van der Waals surface area contributed by atoms with Gasteiger partial charge < -0.3 is 14.0 Å². The number of carbonyl (C=O) groups excluding carboxylic acids is 2. The van der Waals surface area contributed by atoms with E-state index in [4.69, 9.17) is 26.1 Å². The van der Waals surface area contributed by atoms with E-state index >= 15 is 0 Å². The zero-order valence-electron chi connectivity index (χ0n) is 21.7. The number of carbonyl (C=O) groups is 2. The van der Waals surface area contributed by atoms with Crippen molar-refractivity contribution in [1.29, 1.82) is 0 Å². The average Bonchev–Trinajstić information content (AvgIpc) is 3.13. The normalized spacial score (nSPS) is 12.1. The van der Waals surface area contributed by atoms with E-state index in [-0.39, 0.29) is 11.7 Å². The molecule has 37 heavy (non-hydrogen) atoms. The number of aryl methyl sites for hydroxylation is 1. The van der Waals surface area contributed by atoms with Gasteiger partial charge in [0.05, 0.1) is 12.2 Å². The molecular formula is C30H31ClN2O4. The van der Waals surface area contributed by atoms with Crippen molar-refractivity contribution in [3.63, 3.8) is 0 Å². The fourth-order valence-corrected chi connectivity index (χ4v) is 4.30. The van der Waals surface area contributed by atoms with Crippen LogP contribution >= 0.6 is 11.6 Å². The molecule has 1 atom stereocenters. The number of ketones is 1. The van der Waals surface area contributed by atoms with Crippen LogP contribution in [0.4, 0.5) is 0 Å². The number of hydrogen-bond acceptors (Lipinski definition) is 5. The maximum absolute atomic E-state index is 13.5. The first-order chi connectivity index (χ1) is 17.6. The van der Waals surface area contributed by atoms with E-state index < -0.39 is 12.1 Å². The molecule has 2 aromatic carbocycles. The maximum atomic E-state index is 13.5. The Morgan fingerprint density at radius 2 is 1.73 bits per heavy atom. The first kappa shape index (κ1) is 26.4. The number of benzene rings is 2. The summed E-state index contributed by atoms with van der Waals surface area (Å²) in [7, 11) is 0. The topological polar surface area (TPSA) is 70.4 Å². The van der Waals surface area contributed by atoms with Crippen LogP contribution in [0.15, 0.2) is 60.7 Å². The van der Waals surface area contributed by atoms with E-state index in [0.29, 0.717) is 35.1 Å². The number of halogens is 1. The van der Waals surface area contributed by atoms with E-state index in [0.717, 1.165) is 28.0 Å². The van der Waals surface area contributed by atoms with Gasteiger partial charge in [0, 0.05) is 33.9 Å². The summed E-state index contributed by atoms with van der Waals surface area (Å²) in [5.74, 6) is 0.362. The molecule has 0 fully saturated rings. The van der Waals surface area contributed by atoms with Gasteiger partial charge in [0.2, 0.25) is 0 Å². The van der Waals surface area contributed by atoms with Crippen LogP contribution in [0.5, 0.6) is 5.75 Å². The SMILES string of the molecule is Cc1ccc2c(C(=O)c3ccc(Cl)cc3)c(C)n(Cc3cccc(O[C@@H](C)C(=O)OCC(C)C)c3)c2n1. The maximum Gasteiger partial charge on any atom is 0.347 e. The molecule has 0 amide bonds. The lowest BCUT2D eigenvalue weighted by molar-refractivity contribution is -0.152. The van der Waals surface area contributed by atoms with E-state index in [9.17, 15) is 9.59 Å². The van der Waals surface area contributed by atoms with Crippen LogP contribution in [0, 0.1) is 19.8 Å². The highest BCUT2D eigenvalue weighted by atomic mass is 35.5. The monoisotopic (exact) mass is 518 g/mol. The lowest BCUT2D eigenvalue weighted by atomic mass is 10.0. The summed E-state index contributed by atoms with van der Waals surface area (Å²) in [4.78, 5) is 30.6. The van der Waals surface area contributed by atoms with Gasteiger partial charge in [0.1, 0.15) is 11.4 Å². The van der Waals surface area contributed by atoms with Gasteiger partial charge in [-0.15, -0.1) is 0 Å². The molecule has 0 aliphatic carbocycles. The zero-order valence-corrected chi connectivity index (χ0v) is 22.5. The Morgan fingerprint density at radius 1 is 1.00 bits per heavy atom. The first-order valence-corrected chi connectivity index (χ1v) is 12.7. The molecule has 6 nitrogen and oxygen atoms in total. The minimum absolute atomic E-state index is 0.0746. The van der Waals surface area contributed by atoms with Crippen molar-refractivity contribution in [3.8, 4) is 5.75 Å². The molecule has 0 N–H and O–H groups in total. The largest absolute Gasteiger partial charge is 0.479 e. The summed E-state index contributed by atoms with van der Waals surface area (Å²) >= 11 is 6.03. The van der Waals surface area contributed by atoms with Crippen molar-refractivity contribution in [3.05, 3.63) is 93.8 Å².